The molecule has 0 saturated heterocycles. The van der Waals surface area contributed by atoms with Crippen LogP contribution in [0.1, 0.15) is 23.1 Å². The molecule has 0 atom stereocenters. The fourth-order valence-electron chi connectivity index (χ4n) is 1.95. The van der Waals surface area contributed by atoms with Crippen LogP contribution in [0.4, 0.5) is 0 Å². The summed E-state index contributed by atoms with van der Waals surface area (Å²) in [7, 11) is 0. The van der Waals surface area contributed by atoms with Gasteiger partial charge in [0.1, 0.15) is 11.5 Å². The van der Waals surface area contributed by atoms with E-state index in [1.165, 1.54) is 21.6 Å². The van der Waals surface area contributed by atoms with E-state index < -0.39 is 0 Å². The van der Waals surface area contributed by atoms with Crippen molar-refractivity contribution < 1.29 is 4.42 Å². The Bertz CT molecular complexity index is 543. The Morgan fingerprint density at radius 2 is 2.07 bits per heavy atom. The van der Waals surface area contributed by atoms with E-state index >= 15 is 0 Å². The van der Waals surface area contributed by atoms with E-state index in [4.69, 9.17) is 4.42 Å². The van der Waals surface area contributed by atoms with Crippen molar-refractivity contribution in [1.82, 2.24) is 0 Å². The number of thiophene rings is 1. The average Bonchev–Trinajstić information content (AvgIpc) is 2.84. The molecule has 1 radical (unpaired) electrons. The van der Waals surface area contributed by atoms with Gasteiger partial charge in [-0.1, -0.05) is 6.08 Å². The summed E-state index contributed by atoms with van der Waals surface area (Å²) in [5.41, 5.74) is 3.90. The van der Waals surface area contributed by atoms with Crippen molar-refractivity contribution in [3.63, 3.8) is 0 Å². The van der Waals surface area contributed by atoms with Gasteiger partial charge in [-0.15, -0.1) is 11.3 Å². The summed E-state index contributed by atoms with van der Waals surface area (Å²) >= 11 is 1.78. The number of aryl methyl sites for hydroxylation is 1. The number of fused-ring (bicyclic) bond motifs is 1. The van der Waals surface area contributed by atoms with Crippen molar-refractivity contribution in [2.24, 2.45) is 0 Å². The molecule has 0 spiro atoms. The third kappa shape index (κ3) is 1.29. The van der Waals surface area contributed by atoms with Crippen LogP contribution in [-0.2, 0) is 0 Å². The average molecular weight is 215 g/mol. The molecule has 1 aliphatic carbocycles. The van der Waals surface area contributed by atoms with Crippen molar-refractivity contribution in [1.29, 1.82) is 0 Å². The Labute approximate surface area is 93.1 Å². The van der Waals surface area contributed by atoms with Gasteiger partial charge in [-0.25, -0.2) is 0 Å². The molecule has 0 fully saturated rings. The summed E-state index contributed by atoms with van der Waals surface area (Å²) < 4.78 is 5.67. The molecule has 15 heavy (non-hydrogen) atoms. The van der Waals surface area contributed by atoms with E-state index in [9.17, 15) is 0 Å². The van der Waals surface area contributed by atoms with Crippen LogP contribution in [0.15, 0.2) is 28.0 Å². The number of rotatable bonds is 1. The van der Waals surface area contributed by atoms with E-state index in [0.29, 0.717) is 0 Å². The van der Waals surface area contributed by atoms with Crippen molar-refractivity contribution in [2.75, 3.05) is 0 Å². The molecule has 2 heteroatoms. The van der Waals surface area contributed by atoms with Gasteiger partial charge in [0.2, 0.25) is 0 Å². The van der Waals surface area contributed by atoms with Gasteiger partial charge in [0.05, 0.1) is 0 Å². The molecule has 0 saturated carbocycles. The van der Waals surface area contributed by atoms with Crippen LogP contribution in [0.5, 0.6) is 0 Å². The quantitative estimate of drug-likeness (QED) is 0.691. The molecule has 0 aliphatic heterocycles. The topological polar surface area (TPSA) is 13.1 Å². The van der Waals surface area contributed by atoms with Gasteiger partial charge in [0.25, 0.3) is 0 Å². The van der Waals surface area contributed by atoms with Crippen molar-refractivity contribution >= 4 is 16.9 Å². The Balaban J connectivity index is 2.18. The molecule has 1 nitrogen and oxygen atoms in total. The molecule has 3 rings (SSSR count). The lowest BCUT2D eigenvalue weighted by Crippen LogP contribution is -1.78. The number of allylic oxidation sites excluding steroid dienone is 2. The van der Waals surface area contributed by atoms with E-state index in [1.54, 1.807) is 11.3 Å². The van der Waals surface area contributed by atoms with Gasteiger partial charge < -0.3 is 4.42 Å². The standard InChI is InChI=1S/C13H11OS/c1-8-3-6-12-13(8)10(7-15-12)11-5-4-9(2)14-11/h3-7H,1-2H3. The molecule has 0 amide bonds. The zero-order valence-electron chi connectivity index (χ0n) is 8.70. The molecular weight excluding hydrogens is 204 g/mol. The van der Waals surface area contributed by atoms with Crippen molar-refractivity contribution in [3.05, 3.63) is 46.2 Å². The Kier molecular flexibility index (Phi) is 1.86. The van der Waals surface area contributed by atoms with Gasteiger partial charge in [0.15, 0.2) is 0 Å². The minimum Gasteiger partial charge on any atom is -0.461 e. The van der Waals surface area contributed by atoms with Gasteiger partial charge in [-0.2, -0.15) is 0 Å². The first-order valence-electron chi connectivity index (χ1n) is 4.96. The highest BCUT2D eigenvalue weighted by Crippen LogP contribution is 2.41. The number of hydrogen-bond donors (Lipinski definition) is 0. The Hall–Kier alpha value is -1.28. The maximum atomic E-state index is 5.67. The highest BCUT2D eigenvalue weighted by atomic mass is 32.1. The van der Waals surface area contributed by atoms with E-state index in [2.05, 4.69) is 24.8 Å². The number of furan rings is 1. The third-order valence-electron chi connectivity index (χ3n) is 2.70. The lowest BCUT2D eigenvalue weighted by atomic mass is 10.1. The second-order valence-electron chi connectivity index (χ2n) is 3.82. The molecule has 2 aromatic heterocycles. The maximum Gasteiger partial charge on any atom is 0.135 e. The van der Waals surface area contributed by atoms with Crippen LogP contribution in [0.2, 0.25) is 0 Å². The van der Waals surface area contributed by atoms with E-state index in [0.717, 1.165) is 11.5 Å². The van der Waals surface area contributed by atoms with Crippen molar-refractivity contribution in [3.8, 4) is 11.3 Å². The summed E-state index contributed by atoms with van der Waals surface area (Å²) in [6.45, 7) is 4.12. The van der Waals surface area contributed by atoms with Gasteiger partial charge in [0, 0.05) is 27.8 Å². The fourth-order valence-corrected chi connectivity index (χ4v) is 2.96. The molecule has 2 aromatic rings. The maximum absolute atomic E-state index is 5.67. The first kappa shape index (κ1) is 8.98. The molecule has 0 bridgehead atoms. The predicted octanol–water partition coefficient (Wildman–Crippen LogP) is 4.29. The first-order chi connectivity index (χ1) is 7.25. The zero-order chi connectivity index (χ0) is 10.4. The third-order valence-corrected chi connectivity index (χ3v) is 3.65. The summed E-state index contributed by atoms with van der Waals surface area (Å²) in [6.07, 6.45) is 4.34. The summed E-state index contributed by atoms with van der Waals surface area (Å²) in [4.78, 5) is 1.34. The monoisotopic (exact) mass is 215 g/mol. The Morgan fingerprint density at radius 3 is 2.80 bits per heavy atom. The molecule has 1 aliphatic rings. The minimum atomic E-state index is 0.966. The summed E-state index contributed by atoms with van der Waals surface area (Å²) in [6, 6.07) is 4.06. The largest absolute Gasteiger partial charge is 0.461 e. The normalized spacial score (nSPS) is 14.1. The SMILES string of the molecule is CC1=C[CH]c2scc(-c3ccc(C)o3)c21. The van der Waals surface area contributed by atoms with Crippen LogP contribution < -0.4 is 0 Å². The van der Waals surface area contributed by atoms with E-state index in [-0.39, 0.29) is 0 Å². The smallest absolute Gasteiger partial charge is 0.135 e. The number of hydrogen-bond acceptors (Lipinski definition) is 2. The minimum absolute atomic E-state index is 0.966. The second-order valence-corrected chi connectivity index (χ2v) is 4.73. The van der Waals surface area contributed by atoms with Crippen LogP contribution in [0.3, 0.4) is 0 Å². The molecule has 0 aromatic carbocycles. The summed E-state index contributed by atoms with van der Waals surface area (Å²) in [5.74, 6) is 1.95. The van der Waals surface area contributed by atoms with Crippen LogP contribution in [-0.4, -0.2) is 0 Å². The highest BCUT2D eigenvalue weighted by molar-refractivity contribution is 7.11. The molecule has 0 unspecified atom stereocenters. The molecule has 2 heterocycles. The van der Waals surface area contributed by atoms with Crippen LogP contribution in [0.25, 0.3) is 16.9 Å². The predicted molar refractivity (Wildman–Crippen MR) is 63.8 cm³/mol. The van der Waals surface area contributed by atoms with Gasteiger partial charge in [-0.05, 0) is 31.6 Å². The van der Waals surface area contributed by atoms with Gasteiger partial charge in [-0.3, -0.25) is 0 Å². The molecular formula is C13H11OS. The lowest BCUT2D eigenvalue weighted by molar-refractivity contribution is 0.548. The lowest BCUT2D eigenvalue weighted by Gasteiger charge is -1.99. The zero-order valence-corrected chi connectivity index (χ0v) is 9.52. The summed E-state index contributed by atoms with van der Waals surface area (Å²) in [5, 5.41) is 2.18. The van der Waals surface area contributed by atoms with Crippen LogP contribution in [0, 0.1) is 13.3 Å². The molecule has 75 valence electrons. The molecule has 0 N–H and O–H groups in total. The van der Waals surface area contributed by atoms with Crippen molar-refractivity contribution in [2.45, 2.75) is 13.8 Å². The van der Waals surface area contributed by atoms with E-state index in [1.807, 2.05) is 19.1 Å². The van der Waals surface area contributed by atoms with Crippen LogP contribution >= 0.6 is 11.3 Å². The second kappa shape index (κ2) is 3.11. The Morgan fingerprint density at radius 1 is 1.20 bits per heavy atom. The van der Waals surface area contributed by atoms with Gasteiger partial charge >= 0.3 is 0 Å². The highest BCUT2D eigenvalue weighted by Gasteiger charge is 2.20. The first-order valence-corrected chi connectivity index (χ1v) is 5.84. The fraction of sp³-hybridized carbons (Fsp3) is 0.154.